The van der Waals surface area contributed by atoms with E-state index >= 15 is 0 Å². The van der Waals surface area contributed by atoms with Crippen LogP contribution in [-0.2, 0) is 0 Å². The lowest BCUT2D eigenvalue weighted by atomic mass is 9.82. The van der Waals surface area contributed by atoms with Crippen LogP contribution in [0.15, 0.2) is 0 Å². The van der Waals surface area contributed by atoms with E-state index in [1.54, 1.807) is 27.7 Å². The largest absolute Gasteiger partial charge is 0.341 e. The zero-order chi connectivity index (χ0) is 17.6. The molecule has 8 heteroatoms. The van der Waals surface area contributed by atoms with Crippen molar-refractivity contribution in [1.29, 1.82) is 0 Å². The molecule has 0 rings (SSSR count). The maximum atomic E-state index is 11.9. The molecule has 0 bridgehead atoms. The van der Waals surface area contributed by atoms with Crippen molar-refractivity contribution < 1.29 is 20.0 Å². The Kier molecular flexibility index (Phi) is 7.61. The van der Waals surface area contributed by atoms with Crippen molar-refractivity contribution in [3.63, 3.8) is 0 Å². The summed E-state index contributed by atoms with van der Waals surface area (Å²) >= 11 is 0. The van der Waals surface area contributed by atoms with Crippen LogP contribution in [0.25, 0.3) is 0 Å². The first-order chi connectivity index (χ1) is 10.0. The average molecular weight is 318 g/mol. The van der Waals surface area contributed by atoms with Crippen LogP contribution in [-0.4, -0.2) is 56.8 Å². The Balaban J connectivity index is 5.12. The van der Waals surface area contributed by atoms with E-state index in [4.69, 9.17) is 0 Å². The van der Waals surface area contributed by atoms with E-state index in [2.05, 4.69) is 10.6 Å². The molecule has 8 nitrogen and oxygen atoms in total. The number of amides is 4. The minimum absolute atomic E-state index is 0.423. The zero-order valence-corrected chi connectivity index (χ0v) is 14.4. The second-order valence-corrected chi connectivity index (χ2v) is 6.21. The highest BCUT2D eigenvalue weighted by atomic mass is 16.5. The van der Waals surface area contributed by atoms with Gasteiger partial charge >= 0.3 is 12.1 Å². The number of carbonyl (C=O) groups excluding carboxylic acids is 2. The van der Waals surface area contributed by atoms with Crippen LogP contribution in [0.2, 0.25) is 0 Å². The van der Waals surface area contributed by atoms with Gasteiger partial charge in [0.2, 0.25) is 0 Å². The predicted octanol–water partition coefficient (Wildman–Crippen LogP) is 2.17. The highest BCUT2D eigenvalue weighted by molar-refractivity contribution is 5.75. The van der Waals surface area contributed by atoms with Gasteiger partial charge in [0.25, 0.3) is 0 Å². The van der Waals surface area contributed by atoms with E-state index in [9.17, 15) is 20.0 Å². The normalized spacial score (nSPS) is 11.8. The molecule has 0 atom stereocenters. The molecule has 0 aromatic heterocycles. The first-order valence-electron chi connectivity index (χ1n) is 7.57. The van der Waals surface area contributed by atoms with E-state index in [1.807, 2.05) is 13.8 Å². The monoisotopic (exact) mass is 318 g/mol. The number of carbonyl (C=O) groups is 2. The Morgan fingerprint density at radius 1 is 0.818 bits per heavy atom. The number of hydrogen-bond acceptors (Lipinski definition) is 4. The minimum Gasteiger partial charge on any atom is -0.336 e. The summed E-state index contributed by atoms with van der Waals surface area (Å²) in [6.07, 6.45) is 1.46. The van der Waals surface area contributed by atoms with Gasteiger partial charge in [0.05, 0.1) is 11.1 Å². The number of hydrogen-bond donors (Lipinski definition) is 4. The van der Waals surface area contributed by atoms with Gasteiger partial charge in [-0.1, -0.05) is 13.8 Å². The van der Waals surface area contributed by atoms with Crippen LogP contribution < -0.4 is 10.6 Å². The van der Waals surface area contributed by atoms with Crippen molar-refractivity contribution in [2.24, 2.45) is 0 Å². The first-order valence-corrected chi connectivity index (χ1v) is 7.57. The van der Waals surface area contributed by atoms with Gasteiger partial charge in [-0.25, -0.2) is 9.59 Å². The number of nitrogens with zero attached hydrogens (tertiary/aromatic N) is 2. The van der Waals surface area contributed by atoms with Gasteiger partial charge in [-0.3, -0.25) is 10.4 Å². The molecule has 0 spiro atoms. The van der Waals surface area contributed by atoms with E-state index in [-0.39, 0.29) is 0 Å². The van der Waals surface area contributed by atoms with Crippen molar-refractivity contribution in [3.8, 4) is 0 Å². The van der Waals surface area contributed by atoms with Crippen molar-refractivity contribution in [2.45, 2.75) is 65.5 Å². The lowest BCUT2D eigenvalue weighted by molar-refractivity contribution is -0.211. The maximum Gasteiger partial charge on any atom is 0.341 e. The molecule has 0 radical (unpaired) electrons. The van der Waals surface area contributed by atoms with Gasteiger partial charge in [0.15, 0.2) is 0 Å². The molecule has 130 valence electrons. The molecular weight excluding hydrogens is 288 g/mol. The smallest absolute Gasteiger partial charge is 0.336 e. The van der Waals surface area contributed by atoms with E-state index in [1.165, 1.54) is 0 Å². The van der Waals surface area contributed by atoms with Crippen LogP contribution in [0.3, 0.4) is 0 Å². The molecule has 0 saturated carbocycles. The number of nitrogens with one attached hydrogen (secondary N) is 2. The molecule has 22 heavy (non-hydrogen) atoms. The molecule has 0 aliphatic heterocycles. The highest BCUT2D eigenvalue weighted by Gasteiger charge is 2.49. The molecule has 0 aliphatic rings. The molecule has 4 N–H and O–H groups in total. The lowest BCUT2D eigenvalue weighted by Crippen LogP contribution is -2.68. The summed E-state index contributed by atoms with van der Waals surface area (Å²) in [5.41, 5.74) is -2.47. The van der Waals surface area contributed by atoms with Crippen molar-refractivity contribution in [3.05, 3.63) is 0 Å². The first kappa shape index (κ1) is 20.5. The van der Waals surface area contributed by atoms with Crippen molar-refractivity contribution >= 4 is 12.1 Å². The molecule has 4 amide bonds. The summed E-state index contributed by atoms with van der Waals surface area (Å²) < 4.78 is 0. The third-order valence-electron chi connectivity index (χ3n) is 3.99. The second-order valence-electron chi connectivity index (χ2n) is 6.21. The van der Waals surface area contributed by atoms with E-state index in [0.717, 1.165) is 12.8 Å². The van der Waals surface area contributed by atoms with Gasteiger partial charge in [-0.15, -0.1) is 0 Å². The second kappa shape index (κ2) is 8.19. The van der Waals surface area contributed by atoms with Crippen molar-refractivity contribution in [2.75, 3.05) is 13.1 Å². The SMILES string of the molecule is CCCNC(=O)N(O)C(C)(C)C(C)(C)N(O)C(=O)NCCC. The number of rotatable bonds is 7. The van der Waals surface area contributed by atoms with Crippen LogP contribution in [0.4, 0.5) is 9.59 Å². The molecule has 0 heterocycles. The lowest BCUT2D eigenvalue weighted by Gasteiger charge is -2.48. The molecule has 0 aliphatic carbocycles. The third kappa shape index (κ3) is 4.48. The maximum absolute atomic E-state index is 11.9. The Labute approximate surface area is 132 Å². The van der Waals surface area contributed by atoms with Gasteiger partial charge in [-0.05, 0) is 40.5 Å². The summed E-state index contributed by atoms with van der Waals surface area (Å²) in [5.74, 6) is 0. The summed E-state index contributed by atoms with van der Waals surface area (Å²) in [4.78, 5) is 23.8. The molecule has 0 aromatic rings. The van der Waals surface area contributed by atoms with Crippen LogP contribution in [0.5, 0.6) is 0 Å². The van der Waals surface area contributed by atoms with Crippen LogP contribution in [0.1, 0.15) is 54.4 Å². The predicted molar refractivity (Wildman–Crippen MR) is 82.8 cm³/mol. The van der Waals surface area contributed by atoms with Gasteiger partial charge in [0.1, 0.15) is 0 Å². The summed E-state index contributed by atoms with van der Waals surface area (Å²) in [6, 6.07) is -1.36. The molecule has 0 saturated heterocycles. The average Bonchev–Trinajstić information content (AvgIpc) is 2.47. The molecule has 0 fully saturated rings. The topological polar surface area (TPSA) is 105 Å². The highest BCUT2D eigenvalue weighted by Crippen LogP contribution is 2.31. The Morgan fingerprint density at radius 3 is 1.32 bits per heavy atom. The van der Waals surface area contributed by atoms with Crippen LogP contribution >= 0.6 is 0 Å². The Hall–Kier alpha value is -1.54. The molecular formula is C14H30N4O4. The van der Waals surface area contributed by atoms with Crippen molar-refractivity contribution in [1.82, 2.24) is 20.8 Å². The molecule has 0 aromatic carbocycles. The third-order valence-corrected chi connectivity index (χ3v) is 3.99. The van der Waals surface area contributed by atoms with Gasteiger partial charge in [-0.2, -0.15) is 10.1 Å². The van der Waals surface area contributed by atoms with Crippen LogP contribution in [0, 0.1) is 0 Å². The fourth-order valence-electron chi connectivity index (χ4n) is 1.64. The summed E-state index contributed by atoms with van der Waals surface area (Å²) in [6.45, 7) is 10.9. The summed E-state index contributed by atoms with van der Waals surface area (Å²) in [5, 5.41) is 26.5. The fraction of sp³-hybridized carbons (Fsp3) is 0.857. The fourth-order valence-corrected chi connectivity index (χ4v) is 1.64. The summed E-state index contributed by atoms with van der Waals surface area (Å²) in [7, 11) is 0. The number of urea groups is 2. The molecule has 0 unspecified atom stereocenters. The Bertz CT molecular complexity index is 349. The van der Waals surface area contributed by atoms with E-state index in [0.29, 0.717) is 23.2 Å². The Morgan fingerprint density at radius 2 is 1.09 bits per heavy atom. The standard InChI is InChI=1S/C14H30N4O4/c1-7-9-15-11(19)17(21)13(3,4)14(5,6)18(22)12(20)16-10-8-2/h21-22H,7-10H2,1-6H3,(H,15,19)(H,16,20). The van der Waals surface area contributed by atoms with Gasteiger partial charge < -0.3 is 10.6 Å². The quantitative estimate of drug-likeness (QED) is 0.426. The number of hydroxylamine groups is 4. The van der Waals surface area contributed by atoms with Gasteiger partial charge in [0, 0.05) is 13.1 Å². The minimum atomic E-state index is -1.23. The van der Waals surface area contributed by atoms with E-state index < -0.39 is 23.1 Å². The zero-order valence-electron chi connectivity index (χ0n) is 14.4.